The zero-order valence-electron chi connectivity index (χ0n) is 21.2. The first-order valence-electron chi connectivity index (χ1n) is 12.3. The molecule has 3 aliphatic heterocycles. The van der Waals surface area contributed by atoms with Crippen LogP contribution in [0.4, 0.5) is 0 Å². The van der Waals surface area contributed by atoms with Gasteiger partial charge in [-0.2, -0.15) is 5.26 Å². The summed E-state index contributed by atoms with van der Waals surface area (Å²) in [7, 11) is 0. The number of aliphatic hydroxyl groups excluding tert-OH is 8. The van der Waals surface area contributed by atoms with E-state index in [9.17, 15) is 45.6 Å². The van der Waals surface area contributed by atoms with Gasteiger partial charge < -0.3 is 69.9 Å². The van der Waals surface area contributed by atoms with Crippen LogP contribution in [0.1, 0.15) is 13.8 Å². The summed E-state index contributed by atoms with van der Waals surface area (Å²) >= 11 is 0.958. The van der Waals surface area contributed by atoms with E-state index in [-0.39, 0.29) is 5.75 Å². The zero-order valence-corrected chi connectivity index (χ0v) is 22.0. The van der Waals surface area contributed by atoms with Gasteiger partial charge in [-0.1, -0.05) is 0 Å². The van der Waals surface area contributed by atoms with Crippen LogP contribution in [-0.4, -0.2) is 157 Å². The summed E-state index contributed by atoms with van der Waals surface area (Å²) in [5, 5.41) is 93.1. The van der Waals surface area contributed by atoms with Crippen molar-refractivity contribution in [2.45, 2.75) is 105 Å². The molecule has 224 valence electrons. The van der Waals surface area contributed by atoms with Crippen LogP contribution in [0.15, 0.2) is 0 Å². The number of hydrogen-bond acceptors (Lipinski definition) is 16. The summed E-state index contributed by atoms with van der Waals surface area (Å²) in [6.07, 6.45) is -19.8. The van der Waals surface area contributed by atoms with E-state index in [1.54, 1.807) is 0 Å². The Morgan fingerprint density at radius 3 is 1.97 bits per heavy atom. The standard InChI is InChI=1S/C22H36N2O14S/c1-7-12(28)14(30)16(32)20(34-7)37-18-10(6-26)36-22(39-4-3-23)11(24-8(2)27)19(18)38-21-17(33)15(31)13(29)9(5-25)35-21/h7,9-22,25-26,28-33H,4-6H2,1-2H3,(H,24,27)/t7?,9-,10-,11?,12+,13-,14?,15?,16-,17?,18+,19?,20-,21-,22-/m0/s1. The molecule has 6 unspecified atom stereocenters. The second-order valence-electron chi connectivity index (χ2n) is 9.50. The van der Waals surface area contributed by atoms with E-state index in [0.29, 0.717) is 0 Å². The van der Waals surface area contributed by atoms with Crippen LogP contribution in [0.5, 0.6) is 0 Å². The second kappa shape index (κ2) is 14.1. The van der Waals surface area contributed by atoms with Gasteiger partial charge in [-0.25, -0.2) is 0 Å². The highest BCUT2D eigenvalue weighted by molar-refractivity contribution is 8.00. The highest BCUT2D eigenvalue weighted by Gasteiger charge is 2.54. The molecular weight excluding hydrogens is 548 g/mol. The SMILES string of the molecule is CC(=O)NC1C(O[C@@H]2O[C@@H](CO)[C@H](O)C(O)C2O)[C@H](O[C@@H]2OC(C)[C@@H](O)C(O)[C@@H]2O)[C@H](CO)O[C@H]1SCC#N. The first kappa shape index (κ1) is 32.3. The van der Waals surface area contributed by atoms with Crippen LogP contribution in [0.25, 0.3) is 0 Å². The molecule has 0 aromatic rings. The van der Waals surface area contributed by atoms with Gasteiger partial charge in [-0.3, -0.25) is 4.79 Å². The van der Waals surface area contributed by atoms with Crippen LogP contribution in [0.2, 0.25) is 0 Å². The third kappa shape index (κ3) is 7.17. The maximum Gasteiger partial charge on any atom is 0.217 e. The van der Waals surface area contributed by atoms with Crippen LogP contribution in [-0.2, 0) is 28.5 Å². The predicted octanol–water partition coefficient (Wildman–Crippen LogP) is -5.14. The lowest BCUT2D eigenvalue weighted by Crippen LogP contribution is -2.69. The molecular formula is C22H36N2O14S. The van der Waals surface area contributed by atoms with Gasteiger partial charge in [0, 0.05) is 6.92 Å². The van der Waals surface area contributed by atoms with Crippen molar-refractivity contribution in [2.24, 2.45) is 0 Å². The Kier molecular flexibility index (Phi) is 11.7. The van der Waals surface area contributed by atoms with Crippen molar-refractivity contribution >= 4 is 17.7 Å². The Balaban J connectivity index is 1.98. The molecule has 39 heavy (non-hydrogen) atoms. The van der Waals surface area contributed by atoms with Crippen molar-refractivity contribution in [3.05, 3.63) is 0 Å². The minimum atomic E-state index is -1.84. The fourth-order valence-electron chi connectivity index (χ4n) is 4.64. The van der Waals surface area contributed by atoms with E-state index in [4.69, 9.17) is 28.9 Å². The molecule has 0 radical (unpaired) electrons. The number of amides is 1. The van der Waals surface area contributed by atoms with Gasteiger partial charge in [0.05, 0.1) is 37.2 Å². The quantitative estimate of drug-likeness (QED) is 0.123. The van der Waals surface area contributed by atoms with E-state index >= 15 is 0 Å². The number of hydrogen-bond donors (Lipinski definition) is 9. The van der Waals surface area contributed by atoms with Crippen molar-refractivity contribution in [2.75, 3.05) is 19.0 Å². The van der Waals surface area contributed by atoms with Gasteiger partial charge in [0.2, 0.25) is 5.91 Å². The number of carbonyl (C=O) groups is 1. The Bertz CT molecular complexity index is 850. The van der Waals surface area contributed by atoms with Crippen molar-refractivity contribution in [3.8, 4) is 6.07 Å². The number of nitrogens with zero attached hydrogens (tertiary/aromatic N) is 1. The van der Waals surface area contributed by atoms with Gasteiger partial charge in [-0.15, -0.1) is 11.8 Å². The molecule has 0 saturated carbocycles. The number of thioether (sulfide) groups is 1. The smallest absolute Gasteiger partial charge is 0.217 e. The number of ether oxygens (including phenoxy) is 5. The topological polar surface area (TPSA) is 261 Å². The van der Waals surface area contributed by atoms with E-state index < -0.39 is 110 Å². The van der Waals surface area contributed by atoms with Crippen molar-refractivity contribution in [1.29, 1.82) is 5.26 Å². The van der Waals surface area contributed by atoms with Gasteiger partial charge in [0.15, 0.2) is 12.6 Å². The first-order valence-corrected chi connectivity index (χ1v) is 13.3. The lowest BCUT2D eigenvalue weighted by molar-refractivity contribution is -0.357. The maximum atomic E-state index is 12.1. The Labute approximate surface area is 228 Å². The fraction of sp³-hybridized carbons (Fsp3) is 0.909. The minimum absolute atomic E-state index is 0.0940. The van der Waals surface area contributed by atoms with E-state index in [1.165, 1.54) is 13.8 Å². The van der Waals surface area contributed by atoms with Crippen LogP contribution >= 0.6 is 11.8 Å². The lowest BCUT2D eigenvalue weighted by Gasteiger charge is -2.50. The monoisotopic (exact) mass is 584 g/mol. The summed E-state index contributed by atoms with van der Waals surface area (Å²) < 4.78 is 28.8. The summed E-state index contributed by atoms with van der Waals surface area (Å²) in [5.41, 5.74) is -1.01. The fourth-order valence-corrected chi connectivity index (χ4v) is 5.53. The number of nitriles is 1. The van der Waals surface area contributed by atoms with Gasteiger partial charge in [0.1, 0.15) is 66.5 Å². The molecule has 3 heterocycles. The Morgan fingerprint density at radius 1 is 0.846 bits per heavy atom. The Hall–Kier alpha value is -1.21. The van der Waals surface area contributed by atoms with Crippen molar-refractivity contribution in [1.82, 2.24) is 5.32 Å². The van der Waals surface area contributed by atoms with Gasteiger partial charge in [0.25, 0.3) is 0 Å². The average Bonchev–Trinajstić information content (AvgIpc) is 2.91. The Morgan fingerprint density at radius 2 is 1.41 bits per heavy atom. The van der Waals surface area contributed by atoms with Gasteiger partial charge in [-0.05, 0) is 6.92 Å². The zero-order chi connectivity index (χ0) is 29.0. The predicted molar refractivity (Wildman–Crippen MR) is 127 cm³/mol. The van der Waals surface area contributed by atoms with Crippen LogP contribution in [0.3, 0.4) is 0 Å². The van der Waals surface area contributed by atoms with E-state index in [1.807, 2.05) is 6.07 Å². The molecule has 3 aliphatic rings. The molecule has 3 saturated heterocycles. The normalized spacial score (nSPS) is 46.8. The van der Waals surface area contributed by atoms with Crippen molar-refractivity contribution in [3.63, 3.8) is 0 Å². The third-order valence-electron chi connectivity index (χ3n) is 6.75. The summed E-state index contributed by atoms with van der Waals surface area (Å²) in [6, 6.07) is 0.780. The second-order valence-corrected chi connectivity index (χ2v) is 10.6. The van der Waals surface area contributed by atoms with Crippen LogP contribution < -0.4 is 5.32 Å². The number of aliphatic hydroxyl groups is 8. The highest BCUT2D eigenvalue weighted by atomic mass is 32.2. The molecule has 9 N–H and O–H groups in total. The molecule has 3 fully saturated rings. The van der Waals surface area contributed by atoms with E-state index in [2.05, 4.69) is 5.32 Å². The maximum absolute atomic E-state index is 12.1. The summed E-state index contributed by atoms with van der Waals surface area (Å²) in [6.45, 7) is 1.18. The molecule has 0 bridgehead atoms. The largest absolute Gasteiger partial charge is 0.394 e. The summed E-state index contributed by atoms with van der Waals surface area (Å²) in [4.78, 5) is 12.1. The highest BCUT2D eigenvalue weighted by Crippen LogP contribution is 2.36. The molecule has 0 aromatic carbocycles. The third-order valence-corrected chi connectivity index (χ3v) is 7.78. The van der Waals surface area contributed by atoms with E-state index in [0.717, 1.165) is 11.8 Å². The first-order chi connectivity index (χ1) is 18.4. The average molecular weight is 585 g/mol. The van der Waals surface area contributed by atoms with Crippen molar-refractivity contribution < 1.29 is 69.3 Å². The molecule has 15 atom stereocenters. The number of nitrogens with one attached hydrogen (secondary N) is 1. The molecule has 16 nitrogen and oxygen atoms in total. The molecule has 0 aliphatic carbocycles. The molecule has 17 heteroatoms. The van der Waals surface area contributed by atoms with Gasteiger partial charge >= 0.3 is 0 Å². The lowest BCUT2D eigenvalue weighted by atomic mass is 9.95. The number of rotatable bonds is 9. The minimum Gasteiger partial charge on any atom is -0.394 e. The summed E-state index contributed by atoms with van der Waals surface area (Å²) in [5.74, 6) is -0.653. The molecule has 3 rings (SSSR count). The molecule has 0 aromatic heterocycles. The molecule has 0 spiro atoms. The van der Waals surface area contributed by atoms with Crippen LogP contribution in [0, 0.1) is 11.3 Å². The number of carbonyl (C=O) groups excluding carboxylic acids is 1. The molecule has 1 amide bonds.